The van der Waals surface area contributed by atoms with Crippen molar-refractivity contribution in [2.75, 3.05) is 0 Å². The van der Waals surface area contributed by atoms with Crippen molar-refractivity contribution in [2.24, 2.45) is 11.8 Å². The molecule has 0 unspecified atom stereocenters. The SMILES string of the molecule is S[C@@H]1CC2CC1[C@H](S)C2. The summed E-state index contributed by atoms with van der Waals surface area (Å²) in [5, 5.41) is 1.34. The minimum atomic E-state index is 0.672. The first-order valence-corrected chi connectivity index (χ1v) is 4.67. The lowest BCUT2D eigenvalue weighted by atomic mass is 10.00. The van der Waals surface area contributed by atoms with Crippen LogP contribution in [-0.2, 0) is 0 Å². The van der Waals surface area contributed by atoms with Crippen molar-refractivity contribution >= 4 is 25.3 Å². The van der Waals surface area contributed by atoms with Crippen LogP contribution < -0.4 is 0 Å². The molecule has 2 aliphatic rings. The van der Waals surface area contributed by atoms with Crippen molar-refractivity contribution in [3.05, 3.63) is 0 Å². The fraction of sp³-hybridized carbons (Fsp3) is 1.00. The molecule has 0 nitrogen and oxygen atoms in total. The first-order chi connectivity index (χ1) is 4.27. The summed E-state index contributed by atoms with van der Waals surface area (Å²) in [7, 11) is 0. The van der Waals surface area contributed by atoms with Crippen LogP contribution in [-0.4, -0.2) is 10.5 Å². The highest BCUT2D eigenvalue weighted by Gasteiger charge is 2.42. The molecule has 2 rings (SSSR count). The predicted octanol–water partition coefficient (Wildman–Crippen LogP) is 2.01. The molecular weight excluding hydrogens is 148 g/mol. The van der Waals surface area contributed by atoms with Crippen LogP contribution in [0.5, 0.6) is 0 Å². The van der Waals surface area contributed by atoms with Crippen LogP contribution in [0, 0.1) is 11.8 Å². The van der Waals surface area contributed by atoms with E-state index in [1.165, 1.54) is 19.3 Å². The zero-order chi connectivity index (χ0) is 6.43. The van der Waals surface area contributed by atoms with Gasteiger partial charge in [-0.2, -0.15) is 25.3 Å². The van der Waals surface area contributed by atoms with E-state index in [2.05, 4.69) is 25.3 Å². The molecule has 2 fully saturated rings. The second kappa shape index (κ2) is 2.09. The average Bonchev–Trinajstić information content (AvgIpc) is 2.22. The van der Waals surface area contributed by atoms with Crippen LogP contribution in [0.25, 0.3) is 0 Å². The van der Waals surface area contributed by atoms with E-state index in [1.807, 2.05) is 0 Å². The number of hydrogen-bond donors (Lipinski definition) is 2. The molecule has 2 saturated carbocycles. The Morgan fingerprint density at radius 3 is 1.67 bits per heavy atom. The van der Waals surface area contributed by atoms with Crippen molar-refractivity contribution in [1.82, 2.24) is 0 Å². The normalized spacial score (nSPS) is 56.7. The van der Waals surface area contributed by atoms with E-state index in [9.17, 15) is 0 Å². The second-order valence-corrected chi connectivity index (χ2v) is 4.70. The maximum atomic E-state index is 4.51. The Labute approximate surface area is 67.2 Å². The summed E-state index contributed by atoms with van der Waals surface area (Å²) in [5.74, 6) is 1.81. The van der Waals surface area contributed by atoms with Gasteiger partial charge >= 0.3 is 0 Å². The third-order valence-electron chi connectivity index (χ3n) is 2.74. The Morgan fingerprint density at radius 1 is 0.889 bits per heavy atom. The van der Waals surface area contributed by atoms with Crippen LogP contribution in [0.4, 0.5) is 0 Å². The summed E-state index contributed by atoms with van der Waals surface area (Å²) in [6, 6.07) is 0. The lowest BCUT2D eigenvalue weighted by molar-refractivity contribution is 0.507. The standard InChI is InChI=1S/C7H12S2/c8-6-2-4-1-5(6)7(9)3-4/h4-9H,1-3H2/t4?,5?,6-,7-/m1/s1. The van der Waals surface area contributed by atoms with E-state index in [1.54, 1.807) is 0 Å². The molecule has 0 spiro atoms. The third kappa shape index (κ3) is 0.911. The molecule has 2 atom stereocenters. The number of rotatable bonds is 0. The molecule has 0 aromatic rings. The Kier molecular flexibility index (Phi) is 1.49. The number of thiol groups is 2. The van der Waals surface area contributed by atoms with E-state index in [0.29, 0.717) is 10.5 Å². The Balaban J connectivity index is 2.13. The minimum Gasteiger partial charge on any atom is -0.176 e. The first kappa shape index (κ1) is 6.41. The van der Waals surface area contributed by atoms with Gasteiger partial charge in [-0.15, -0.1) is 0 Å². The highest BCUT2D eigenvalue weighted by atomic mass is 32.1. The van der Waals surface area contributed by atoms with Crippen LogP contribution >= 0.6 is 25.3 Å². The molecule has 0 aliphatic heterocycles. The van der Waals surface area contributed by atoms with Crippen molar-refractivity contribution in [1.29, 1.82) is 0 Å². The smallest absolute Gasteiger partial charge is 0.00582 e. The third-order valence-corrected chi connectivity index (χ3v) is 3.93. The van der Waals surface area contributed by atoms with E-state index in [-0.39, 0.29) is 0 Å². The summed E-state index contributed by atoms with van der Waals surface area (Å²) in [6.45, 7) is 0. The summed E-state index contributed by atoms with van der Waals surface area (Å²) in [4.78, 5) is 0. The van der Waals surface area contributed by atoms with Crippen LogP contribution in [0.2, 0.25) is 0 Å². The second-order valence-electron chi connectivity index (χ2n) is 3.37. The lowest BCUT2D eigenvalue weighted by Gasteiger charge is -2.21. The highest BCUT2D eigenvalue weighted by Crippen LogP contribution is 2.48. The summed E-state index contributed by atoms with van der Waals surface area (Å²) in [5.41, 5.74) is 0. The molecule has 9 heavy (non-hydrogen) atoms. The van der Waals surface area contributed by atoms with Gasteiger partial charge in [0.25, 0.3) is 0 Å². The van der Waals surface area contributed by atoms with Gasteiger partial charge < -0.3 is 0 Å². The van der Waals surface area contributed by atoms with Crippen LogP contribution in [0.3, 0.4) is 0 Å². The molecule has 2 bridgehead atoms. The summed E-state index contributed by atoms with van der Waals surface area (Å²) < 4.78 is 0. The number of fused-ring (bicyclic) bond motifs is 2. The largest absolute Gasteiger partial charge is 0.176 e. The van der Waals surface area contributed by atoms with Gasteiger partial charge in [-0.3, -0.25) is 0 Å². The van der Waals surface area contributed by atoms with Gasteiger partial charge in [0.15, 0.2) is 0 Å². The van der Waals surface area contributed by atoms with Gasteiger partial charge in [0.1, 0.15) is 0 Å². The molecule has 0 saturated heterocycles. The van der Waals surface area contributed by atoms with E-state index in [4.69, 9.17) is 0 Å². The molecule has 0 aromatic heterocycles. The quantitative estimate of drug-likeness (QED) is 0.498. The first-order valence-electron chi connectivity index (χ1n) is 3.63. The fourth-order valence-corrected chi connectivity index (χ4v) is 3.67. The highest BCUT2D eigenvalue weighted by molar-refractivity contribution is 7.82. The molecule has 0 radical (unpaired) electrons. The van der Waals surface area contributed by atoms with E-state index < -0.39 is 0 Å². The minimum absolute atomic E-state index is 0.672. The Morgan fingerprint density at radius 2 is 1.44 bits per heavy atom. The Bertz CT molecular complexity index is 112. The molecule has 0 amide bonds. The molecule has 0 N–H and O–H groups in total. The lowest BCUT2D eigenvalue weighted by Crippen LogP contribution is -2.20. The summed E-state index contributed by atoms with van der Waals surface area (Å²) >= 11 is 9.02. The predicted molar refractivity (Wildman–Crippen MR) is 46.4 cm³/mol. The van der Waals surface area contributed by atoms with Crippen molar-refractivity contribution in [3.63, 3.8) is 0 Å². The van der Waals surface area contributed by atoms with Gasteiger partial charge in [-0.05, 0) is 31.1 Å². The van der Waals surface area contributed by atoms with E-state index in [0.717, 1.165) is 11.8 Å². The van der Waals surface area contributed by atoms with Gasteiger partial charge in [0.2, 0.25) is 0 Å². The zero-order valence-corrected chi connectivity index (χ0v) is 7.11. The van der Waals surface area contributed by atoms with Gasteiger partial charge in [0.05, 0.1) is 0 Å². The van der Waals surface area contributed by atoms with Crippen LogP contribution in [0.15, 0.2) is 0 Å². The molecule has 2 heteroatoms. The monoisotopic (exact) mass is 160 g/mol. The zero-order valence-electron chi connectivity index (χ0n) is 5.33. The van der Waals surface area contributed by atoms with Crippen molar-refractivity contribution in [2.45, 2.75) is 29.8 Å². The van der Waals surface area contributed by atoms with Crippen LogP contribution in [0.1, 0.15) is 19.3 Å². The van der Waals surface area contributed by atoms with Crippen molar-refractivity contribution < 1.29 is 0 Å². The van der Waals surface area contributed by atoms with Crippen molar-refractivity contribution in [3.8, 4) is 0 Å². The average molecular weight is 160 g/mol. The Hall–Kier alpha value is 0.700. The maximum absolute atomic E-state index is 4.51. The van der Waals surface area contributed by atoms with Gasteiger partial charge in [-0.25, -0.2) is 0 Å². The van der Waals surface area contributed by atoms with E-state index >= 15 is 0 Å². The molecular formula is C7H12S2. The topological polar surface area (TPSA) is 0 Å². The molecule has 0 aromatic carbocycles. The molecule has 0 heterocycles. The number of hydrogen-bond acceptors (Lipinski definition) is 2. The van der Waals surface area contributed by atoms with Gasteiger partial charge in [0, 0.05) is 10.5 Å². The summed E-state index contributed by atoms with van der Waals surface area (Å²) in [6.07, 6.45) is 4.11. The van der Waals surface area contributed by atoms with Gasteiger partial charge in [-0.1, -0.05) is 0 Å². The molecule has 52 valence electrons. The molecule has 2 aliphatic carbocycles. The maximum Gasteiger partial charge on any atom is 0.00582 e. The fourth-order valence-electron chi connectivity index (χ4n) is 2.28.